The van der Waals surface area contributed by atoms with E-state index in [1.807, 2.05) is 6.07 Å². The Morgan fingerprint density at radius 2 is 2.04 bits per heavy atom. The van der Waals surface area contributed by atoms with Crippen molar-refractivity contribution in [2.75, 3.05) is 13.1 Å². The number of hydrogen-bond donors (Lipinski definition) is 1. The van der Waals surface area contributed by atoms with Gasteiger partial charge in [-0.15, -0.1) is 0 Å². The molecule has 1 atom stereocenters. The quantitative estimate of drug-likeness (QED) is 0.894. The van der Waals surface area contributed by atoms with Gasteiger partial charge >= 0.3 is 0 Å². The third-order valence-electron chi connectivity index (χ3n) is 4.14. The number of halogens is 1. The van der Waals surface area contributed by atoms with Crippen molar-refractivity contribution in [1.29, 1.82) is 0 Å². The van der Waals surface area contributed by atoms with Crippen molar-refractivity contribution in [2.45, 2.75) is 25.4 Å². The Kier molecular flexibility index (Phi) is 5.41. The molecule has 1 fully saturated rings. The number of carbonyl (C=O) groups is 1. The van der Waals surface area contributed by atoms with Crippen molar-refractivity contribution < 1.29 is 4.79 Å². The summed E-state index contributed by atoms with van der Waals surface area (Å²) in [5, 5.41) is 3.15. The number of nitrogens with zero attached hydrogens (tertiary/aromatic N) is 2. The van der Waals surface area contributed by atoms with Gasteiger partial charge < -0.3 is 5.32 Å². The van der Waals surface area contributed by atoms with Gasteiger partial charge in [0.15, 0.2) is 0 Å². The number of hydrogen-bond acceptors (Lipinski definition) is 3. The lowest BCUT2D eigenvalue weighted by Gasteiger charge is -2.33. The normalized spacial score (nSPS) is 18.6. The predicted molar refractivity (Wildman–Crippen MR) is 94.1 cm³/mol. The van der Waals surface area contributed by atoms with Crippen LogP contribution in [0.3, 0.4) is 0 Å². The summed E-state index contributed by atoms with van der Waals surface area (Å²) in [5.41, 5.74) is 1.96. The van der Waals surface area contributed by atoms with E-state index in [-0.39, 0.29) is 11.9 Å². The number of piperidine rings is 1. The molecule has 3 rings (SSSR count). The topological polar surface area (TPSA) is 45.2 Å². The molecule has 1 unspecified atom stereocenters. The molecule has 4 nitrogen and oxygen atoms in total. The predicted octanol–water partition coefficient (Wildman–Crippen LogP) is 3.24. The van der Waals surface area contributed by atoms with Crippen LogP contribution in [0.25, 0.3) is 0 Å². The first kappa shape index (κ1) is 16.1. The monoisotopic (exact) mass is 373 g/mol. The van der Waals surface area contributed by atoms with E-state index >= 15 is 0 Å². The molecular weight excluding hydrogens is 354 g/mol. The van der Waals surface area contributed by atoms with Crippen molar-refractivity contribution in [2.24, 2.45) is 0 Å². The highest BCUT2D eigenvalue weighted by Gasteiger charge is 2.22. The molecule has 120 valence electrons. The summed E-state index contributed by atoms with van der Waals surface area (Å²) in [4.78, 5) is 18.6. The fourth-order valence-corrected chi connectivity index (χ4v) is 3.37. The standard InChI is InChI=1S/C18H20BrN3O/c19-17-6-2-1-4-15(17)12-22-11-3-5-16(13-22)21-18(23)14-7-9-20-10-8-14/h1-2,4,6-10,16H,3,5,11-13H2,(H,21,23). The van der Waals surface area contributed by atoms with Gasteiger partial charge in [-0.1, -0.05) is 34.1 Å². The van der Waals surface area contributed by atoms with Crippen LogP contribution in [-0.4, -0.2) is 34.9 Å². The first-order chi connectivity index (χ1) is 11.2. The molecule has 1 aromatic heterocycles. The van der Waals surface area contributed by atoms with E-state index in [0.717, 1.165) is 36.9 Å². The van der Waals surface area contributed by atoms with E-state index in [4.69, 9.17) is 0 Å². The van der Waals surface area contributed by atoms with Crippen molar-refractivity contribution in [3.63, 3.8) is 0 Å². The highest BCUT2D eigenvalue weighted by Crippen LogP contribution is 2.20. The summed E-state index contributed by atoms with van der Waals surface area (Å²) < 4.78 is 1.14. The van der Waals surface area contributed by atoms with Gasteiger partial charge in [-0.25, -0.2) is 0 Å². The molecule has 1 aliphatic heterocycles. The molecule has 1 N–H and O–H groups in total. The molecular formula is C18H20BrN3O. The minimum absolute atomic E-state index is 0.0138. The second kappa shape index (κ2) is 7.70. The summed E-state index contributed by atoms with van der Waals surface area (Å²) in [6, 6.07) is 12.0. The molecule has 2 heterocycles. The number of carbonyl (C=O) groups excluding carboxylic acids is 1. The first-order valence-corrected chi connectivity index (χ1v) is 8.68. The van der Waals surface area contributed by atoms with Gasteiger partial charge in [0.1, 0.15) is 0 Å². The maximum Gasteiger partial charge on any atom is 0.251 e. The fraction of sp³-hybridized carbons (Fsp3) is 0.333. The fourth-order valence-electron chi connectivity index (χ4n) is 2.96. The summed E-state index contributed by atoms with van der Waals surface area (Å²) in [6.45, 7) is 2.87. The number of benzene rings is 1. The SMILES string of the molecule is O=C(NC1CCCN(Cc2ccccc2Br)C1)c1ccncc1. The molecule has 1 aromatic carbocycles. The molecule has 0 aliphatic carbocycles. The first-order valence-electron chi connectivity index (χ1n) is 7.89. The Bertz CT molecular complexity index is 662. The van der Waals surface area contributed by atoms with Crippen LogP contribution in [0.1, 0.15) is 28.8 Å². The van der Waals surface area contributed by atoms with Crippen molar-refractivity contribution in [3.8, 4) is 0 Å². The zero-order valence-corrected chi connectivity index (χ0v) is 14.5. The lowest BCUT2D eigenvalue weighted by molar-refractivity contribution is 0.0900. The van der Waals surface area contributed by atoms with E-state index in [9.17, 15) is 4.79 Å². The second-order valence-corrected chi connectivity index (χ2v) is 6.73. The van der Waals surface area contributed by atoms with Gasteiger partial charge in [0.05, 0.1) is 0 Å². The minimum Gasteiger partial charge on any atom is -0.348 e. The molecule has 1 amide bonds. The highest BCUT2D eigenvalue weighted by molar-refractivity contribution is 9.10. The van der Waals surface area contributed by atoms with Crippen molar-refractivity contribution >= 4 is 21.8 Å². The summed E-state index contributed by atoms with van der Waals surface area (Å²) in [5.74, 6) is -0.0138. The summed E-state index contributed by atoms with van der Waals surface area (Å²) >= 11 is 3.61. The van der Waals surface area contributed by atoms with E-state index in [1.165, 1.54) is 5.56 Å². The zero-order chi connectivity index (χ0) is 16.1. The van der Waals surface area contributed by atoms with Crippen LogP contribution in [0.2, 0.25) is 0 Å². The van der Waals surface area contributed by atoms with Crippen molar-refractivity contribution in [1.82, 2.24) is 15.2 Å². The smallest absolute Gasteiger partial charge is 0.251 e. The third kappa shape index (κ3) is 4.39. The van der Waals surface area contributed by atoms with E-state index in [1.54, 1.807) is 24.5 Å². The van der Waals surface area contributed by atoms with Crippen LogP contribution < -0.4 is 5.32 Å². The van der Waals surface area contributed by atoms with Crippen LogP contribution >= 0.6 is 15.9 Å². The summed E-state index contributed by atoms with van der Waals surface area (Å²) in [6.07, 6.45) is 5.43. The van der Waals surface area contributed by atoms with Gasteiger partial charge in [0.2, 0.25) is 0 Å². The van der Waals surface area contributed by atoms with E-state index in [0.29, 0.717) is 5.56 Å². The van der Waals surface area contributed by atoms with Gasteiger partial charge in [-0.05, 0) is 43.1 Å². The van der Waals surface area contributed by atoms with E-state index in [2.05, 4.69) is 49.3 Å². The molecule has 0 saturated carbocycles. The van der Waals surface area contributed by atoms with Gasteiger partial charge in [-0.3, -0.25) is 14.7 Å². The highest BCUT2D eigenvalue weighted by atomic mass is 79.9. The average Bonchev–Trinajstić information content (AvgIpc) is 2.58. The van der Waals surface area contributed by atoms with Crippen molar-refractivity contribution in [3.05, 3.63) is 64.4 Å². The average molecular weight is 374 g/mol. The Balaban J connectivity index is 1.58. The molecule has 2 aromatic rings. The molecule has 5 heteroatoms. The lowest BCUT2D eigenvalue weighted by Crippen LogP contribution is -2.47. The Morgan fingerprint density at radius 3 is 2.83 bits per heavy atom. The van der Waals surface area contributed by atoms with E-state index < -0.39 is 0 Å². The number of aromatic nitrogens is 1. The number of likely N-dealkylation sites (tertiary alicyclic amines) is 1. The van der Waals surface area contributed by atoms with Gasteiger partial charge in [0.25, 0.3) is 5.91 Å². The number of nitrogens with one attached hydrogen (secondary N) is 1. The number of amides is 1. The third-order valence-corrected chi connectivity index (χ3v) is 4.91. The Labute approximate surface area is 145 Å². The Morgan fingerprint density at radius 1 is 1.26 bits per heavy atom. The molecule has 0 spiro atoms. The van der Waals surface area contributed by atoms with Crippen LogP contribution in [0.5, 0.6) is 0 Å². The van der Waals surface area contributed by atoms with Gasteiger partial charge in [0, 0.05) is 41.6 Å². The summed E-state index contributed by atoms with van der Waals surface area (Å²) in [7, 11) is 0. The largest absolute Gasteiger partial charge is 0.348 e. The zero-order valence-electron chi connectivity index (χ0n) is 12.9. The molecule has 1 saturated heterocycles. The maximum atomic E-state index is 12.3. The molecule has 0 bridgehead atoms. The van der Waals surface area contributed by atoms with Crippen LogP contribution in [0, 0.1) is 0 Å². The van der Waals surface area contributed by atoms with Gasteiger partial charge in [-0.2, -0.15) is 0 Å². The molecule has 23 heavy (non-hydrogen) atoms. The van der Waals surface area contributed by atoms with Crippen LogP contribution in [-0.2, 0) is 6.54 Å². The number of rotatable bonds is 4. The molecule has 0 radical (unpaired) electrons. The van der Waals surface area contributed by atoms with Crippen LogP contribution in [0.4, 0.5) is 0 Å². The molecule has 1 aliphatic rings. The lowest BCUT2D eigenvalue weighted by atomic mass is 10.0. The minimum atomic E-state index is -0.0138. The second-order valence-electron chi connectivity index (χ2n) is 5.88. The Hall–Kier alpha value is -1.72. The number of pyridine rings is 1. The maximum absolute atomic E-state index is 12.3. The van der Waals surface area contributed by atoms with Crippen LogP contribution in [0.15, 0.2) is 53.3 Å².